The number of hydrogen-bond acceptors (Lipinski definition) is 5. The van der Waals surface area contributed by atoms with Crippen LogP contribution in [0.25, 0.3) is 0 Å². The van der Waals surface area contributed by atoms with Gasteiger partial charge in [0.05, 0.1) is 5.75 Å². The van der Waals surface area contributed by atoms with Crippen LogP contribution in [0.4, 0.5) is 13.2 Å². The minimum absolute atomic E-state index is 0.0515. The zero-order valence-electron chi connectivity index (χ0n) is 7.58. The van der Waals surface area contributed by atoms with Crippen molar-refractivity contribution >= 4 is 21.2 Å². The highest BCUT2D eigenvalue weighted by Crippen LogP contribution is 2.32. The smallest absolute Gasteiger partial charge is 0.221 e. The molecule has 9 heteroatoms. The van der Waals surface area contributed by atoms with Crippen LogP contribution in [0.5, 0.6) is 0 Å². The Hall–Kier alpha value is -0.700. The number of hydrogen-bond donors (Lipinski definition) is 0. The van der Waals surface area contributed by atoms with Gasteiger partial charge in [-0.05, 0) is 6.42 Å². The van der Waals surface area contributed by atoms with Crippen molar-refractivity contribution in [1.29, 1.82) is 0 Å². The molecule has 1 aromatic rings. The van der Waals surface area contributed by atoms with Gasteiger partial charge in [0.2, 0.25) is 19.2 Å². The van der Waals surface area contributed by atoms with Crippen LogP contribution in [0.2, 0.25) is 0 Å². The minimum Gasteiger partial charge on any atom is -0.221 e. The number of halogens is 3. The Morgan fingerprint density at radius 3 is 2.33 bits per heavy atom. The van der Waals surface area contributed by atoms with Crippen molar-refractivity contribution in [2.24, 2.45) is 0 Å². The Morgan fingerprint density at radius 2 is 1.93 bits per heavy atom. The van der Waals surface area contributed by atoms with Gasteiger partial charge >= 0.3 is 6.18 Å². The molecule has 0 bridgehead atoms. The van der Waals surface area contributed by atoms with Gasteiger partial charge in [0.25, 0.3) is 0 Å². The average Bonchev–Trinajstić information content (AvgIpc) is 2.50. The van der Waals surface area contributed by atoms with Gasteiger partial charge in [-0.1, -0.05) is 18.3 Å². The maximum atomic E-state index is 12.1. The van der Waals surface area contributed by atoms with Crippen molar-refractivity contribution in [1.82, 2.24) is 10.2 Å². The maximum Gasteiger partial charge on any atom is 0.445 e. The summed E-state index contributed by atoms with van der Waals surface area (Å²) >= 11 is 0.0515. The number of aromatic nitrogens is 2. The Kier molecular flexibility index (Phi) is 3.34. The van der Waals surface area contributed by atoms with Gasteiger partial charge in [-0.3, -0.25) is 0 Å². The van der Waals surface area contributed by atoms with Gasteiger partial charge in [-0.25, -0.2) is 8.42 Å². The SMILES string of the molecule is CCCS(=O)(=O)c1nnc(C(F)(F)F)s1. The van der Waals surface area contributed by atoms with Gasteiger partial charge in [0, 0.05) is 0 Å². The van der Waals surface area contributed by atoms with Crippen LogP contribution < -0.4 is 0 Å². The van der Waals surface area contributed by atoms with Gasteiger partial charge in [0.15, 0.2) is 0 Å². The third-order valence-electron chi connectivity index (χ3n) is 1.39. The van der Waals surface area contributed by atoms with E-state index in [1.165, 1.54) is 0 Å². The van der Waals surface area contributed by atoms with E-state index >= 15 is 0 Å². The molecule has 86 valence electrons. The molecule has 0 fully saturated rings. The monoisotopic (exact) mass is 260 g/mol. The predicted octanol–water partition coefficient (Wildman–Crippen LogP) is 1.74. The summed E-state index contributed by atoms with van der Waals surface area (Å²) in [5, 5.41) is 4.60. The summed E-state index contributed by atoms with van der Waals surface area (Å²) in [5.74, 6) is -0.223. The maximum absolute atomic E-state index is 12.1. The molecule has 0 aliphatic rings. The second-order valence-corrected chi connectivity index (χ2v) is 5.95. The van der Waals surface area contributed by atoms with Crippen molar-refractivity contribution in [3.05, 3.63) is 5.01 Å². The first-order chi connectivity index (χ1) is 6.77. The molecule has 4 nitrogen and oxygen atoms in total. The lowest BCUT2D eigenvalue weighted by Gasteiger charge is -1.98. The summed E-state index contributed by atoms with van der Waals surface area (Å²) in [6, 6.07) is 0. The summed E-state index contributed by atoms with van der Waals surface area (Å²) in [7, 11) is -3.70. The zero-order valence-corrected chi connectivity index (χ0v) is 9.21. The third kappa shape index (κ3) is 2.88. The van der Waals surface area contributed by atoms with E-state index in [0.717, 1.165) is 0 Å². The minimum atomic E-state index is -4.64. The molecule has 0 aliphatic heterocycles. The van der Waals surface area contributed by atoms with E-state index in [1.54, 1.807) is 6.92 Å². The molecule has 0 saturated carbocycles. The van der Waals surface area contributed by atoms with E-state index in [4.69, 9.17) is 0 Å². The average molecular weight is 260 g/mol. The molecule has 0 unspecified atom stereocenters. The normalized spacial score (nSPS) is 13.1. The largest absolute Gasteiger partial charge is 0.445 e. The second kappa shape index (κ2) is 4.05. The van der Waals surface area contributed by atoms with E-state index in [1.807, 2.05) is 0 Å². The highest BCUT2D eigenvalue weighted by Gasteiger charge is 2.37. The van der Waals surface area contributed by atoms with Crippen molar-refractivity contribution in [3.63, 3.8) is 0 Å². The number of alkyl halides is 3. The van der Waals surface area contributed by atoms with Gasteiger partial charge < -0.3 is 0 Å². The lowest BCUT2D eigenvalue weighted by atomic mass is 10.6. The highest BCUT2D eigenvalue weighted by molar-refractivity contribution is 7.93. The first-order valence-electron chi connectivity index (χ1n) is 3.91. The first-order valence-corrected chi connectivity index (χ1v) is 6.37. The molecule has 15 heavy (non-hydrogen) atoms. The molecule has 1 aromatic heterocycles. The molecule has 0 aliphatic carbocycles. The molecule has 0 spiro atoms. The summed E-state index contributed by atoms with van der Waals surface area (Å²) in [6.45, 7) is 1.61. The van der Waals surface area contributed by atoms with Gasteiger partial charge in [0.1, 0.15) is 0 Å². The van der Waals surface area contributed by atoms with E-state index in [-0.39, 0.29) is 17.1 Å². The lowest BCUT2D eigenvalue weighted by molar-refractivity contribution is -0.138. The third-order valence-corrected chi connectivity index (χ3v) is 4.72. The number of rotatable bonds is 3. The van der Waals surface area contributed by atoms with Crippen molar-refractivity contribution in [3.8, 4) is 0 Å². The standard InChI is InChI=1S/C6H7F3N2O2S2/c1-2-3-15(12,13)5-11-10-4(14-5)6(7,8)9/h2-3H2,1H3. The summed E-state index contributed by atoms with van der Waals surface area (Å²) < 4.78 is 58.3. The Morgan fingerprint density at radius 1 is 1.33 bits per heavy atom. The van der Waals surface area contributed by atoms with Gasteiger partial charge in [-0.2, -0.15) is 13.2 Å². The van der Waals surface area contributed by atoms with Crippen LogP contribution in [0.3, 0.4) is 0 Å². The van der Waals surface area contributed by atoms with Crippen LogP contribution >= 0.6 is 11.3 Å². The lowest BCUT2D eigenvalue weighted by Crippen LogP contribution is -2.05. The Balaban J connectivity index is 3.05. The highest BCUT2D eigenvalue weighted by atomic mass is 32.2. The van der Waals surface area contributed by atoms with Crippen LogP contribution in [0, 0.1) is 0 Å². The fourth-order valence-electron chi connectivity index (χ4n) is 0.806. The molecule has 0 aromatic carbocycles. The molecule has 0 N–H and O–H groups in total. The molecule has 0 amide bonds. The topological polar surface area (TPSA) is 59.9 Å². The molecule has 0 saturated heterocycles. The van der Waals surface area contributed by atoms with E-state index < -0.39 is 25.4 Å². The van der Waals surface area contributed by atoms with E-state index in [0.29, 0.717) is 6.42 Å². The predicted molar refractivity (Wildman–Crippen MR) is 47.3 cm³/mol. The zero-order chi connectivity index (χ0) is 11.7. The van der Waals surface area contributed by atoms with Gasteiger partial charge in [-0.15, -0.1) is 10.2 Å². The van der Waals surface area contributed by atoms with Crippen LogP contribution in [0.15, 0.2) is 4.34 Å². The second-order valence-electron chi connectivity index (χ2n) is 2.69. The molecular formula is C6H7F3N2O2S2. The molecular weight excluding hydrogens is 253 g/mol. The van der Waals surface area contributed by atoms with E-state index in [9.17, 15) is 21.6 Å². The fraction of sp³-hybridized carbons (Fsp3) is 0.667. The molecule has 0 atom stereocenters. The molecule has 1 heterocycles. The first kappa shape index (κ1) is 12.4. The Labute approximate surface area is 88.1 Å². The molecule has 0 radical (unpaired) electrons. The van der Waals surface area contributed by atoms with Crippen molar-refractivity contribution in [2.45, 2.75) is 23.9 Å². The van der Waals surface area contributed by atoms with E-state index in [2.05, 4.69) is 10.2 Å². The summed E-state index contributed by atoms with van der Waals surface area (Å²) in [6.07, 6.45) is -4.32. The van der Waals surface area contributed by atoms with Crippen LogP contribution in [-0.2, 0) is 16.0 Å². The summed E-state index contributed by atoms with van der Waals surface area (Å²) in [5.41, 5.74) is 0. The quantitative estimate of drug-likeness (QED) is 0.830. The summed E-state index contributed by atoms with van der Waals surface area (Å²) in [4.78, 5) is 0. The number of nitrogens with zero attached hydrogens (tertiary/aromatic N) is 2. The van der Waals surface area contributed by atoms with Crippen LogP contribution in [-0.4, -0.2) is 24.4 Å². The van der Waals surface area contributed by atoms with Crippen molar-refractivity contribution < 1.29 is 21.6 Å². The van der Waals surface area contributed by atoms with Crippen LogP contribution in [0.1, 0.15) is 18.4 Å². The Bertz CT molecular complexity index is 437. The molecule has 1 rings (SSSR count). The van der Waals surface area contributed by atoms with Crippen molar-refractivity contribution in [2.75, 3.05) is 5.75 Å². The fourth-order valence-corrected chi connectivity index (χ4v) is 3.12. The number of sulfone groups is 1.